The molecule has 0 aliphatic carbocycles. The van der Waals surface area contributed by atoms with E-state index < -0.39 is 0 Å². The zero-order chi connectivity index (χ0) is 21.7. The van der Waals surface area contributed by atoms with Crippen molar-refractivity contribution in [3.63, 3.8) is 0 Å². The predicted octanol–water partition coefficient (Wildman–Crippen LogP) is 1.98. The lowest BCUT2D eigenvalue weighted by molar-refractivity contribution is -0.130. The zero-order valence-corrected chi connectivity index (χ0v) is 18.0. The van der Waals surface area contributed by atoms with Crippen molar-refractivity contribution in [2.75, 3.05) is 26.7 Å². The van der Waals surface area contributed by atoms with Gasteiger partial charge in [-0.3, -0.25) is 9.59 Å². The molecule has 3 heterocycles. The molecule has 0 aromatic carbocycles. The maximum Gasteiger partial charge on any atom is 0.255 e. The third-order valence-electron chi connectivity index (χ3n) is 5.16. The minimum atomic E-state index is -0.0901. The molecule has 1 fully saturated rings. The number of pyridine rings is 1. The molecule has 9 nitrogen and oxygen atoms in total. The van der Waals surface area contributed by atoms with E-state index in [-0.39, 0.29) is 17.9 Å². The van der Waals surface area contributed by atoms with Crippen LogP contribution in [0.25, 0.3) is 0 Å². The Morgan fingerprint density at radius 1 is 1.37 bits per heavy atom. The fourth-order valence-electron chi connectivity index (χ4n) is 3.63. The van der Waals surface area contributed by atoms with E-state index in [9.17, 15) is 9.59 Å². The highest BCUT2D eigenvalue weighted by atomic mass is 16.5. The standard InChI is InChI=1S/C21H29N5O4/c1-14(2)11-20-23-18(24-30-20)8-10-26(15(3)27)17-7-9-25(13-17)21(28)16-5-6-19(29-4)22-12-16/h5-6,12,14,17H,7-11,13H2,1-4H3. The van der Waals surface area contributed by atoms with Gasteiger partial charge in [-0.25, -0.2) is 4.98 Å². The Balaban J connectivity index is 1.58. The van der Waals surface area contributed by atoms with Crippen molar-refractivity contribution < 1.29 is 18.8 Å². The quantitative estimate of drug-likeness (QED) is 0.650. The molecule has 162 valence electrons. The van der Waals surface area contributed by atoms with E-state index >= 15 is 0 Å². The predicted molar refractivity (Wildman–Crippen MR) is 109 cm³/mol. The van der Waals surface area contributed by atoms with Gasteiger partial charge in [0.25, 0.3) is 5.91 Å². The molecule has 2 aromatic rings. The average molecular weight is 415 g/mol. The van der Waals surface area contributed by atoms with E-state index in [4.69, 9.17) is 9.26 Å². The van der Waals surface area contributed by atoms with E-state index in [2.05, 4.69) is 29.0 Å². The fraction of sp³-hybridized carbons (Fsp3) is 0.571. The van der Waals surface area contributed by atoms with E-state index in [1.807, 2.05) is 0 Å². The highest BCUT2D eigenvalue weighted by Gasteiger charge is 2.32. The summed E-state index contributed by atoms with van der Waals surface area (Å²) in [4.78, 5) is 37.1. The molecule has 30 heavy (non-hydrogen) atoms. The van der Waals surface area contributed by atoms with Crippen molar-refractivity contribution in [3.8, 4) is 5.88 Å². The summed E-state index contributed by atoms with van der Waals surface area (Å²) in [7, 11) is 1.53. The van der Waals surface area contributed by atoms with Gasteiger partial charge in [-0.2, -0.15) is 4.98 Å². The SMILES string of the molecule is COc1ccc(C(=O)N2CCC(N(CCc3noc(CC(C)C)n3)C(C)=O)C2)cn1. The maximum absolute atomic E-state index is 12.8. The van der Waals surface area contributed by atoms with Crippen molar-refractivity contribution in [1.82, 2.24) is 24.9 Å². The third kappa shape index (κ3) is 5.34. The molecule has 3 rings (SSSR count). The molecule has 9 heteroatoms. The van der Waals surface area contributed by atoms with Crippen LogP contribution in [0.2, 0.25) is 0 Å². The van der Waals surface area contributed by atoms with Gasteiger partial charge >= 0.3 is 0 Å². The molecule has 2 aromatic heterocycles. The molecule has 1 aliphatic heterocycles. The molecule has 0 spiro atoms. The van der Waals surface area contributed by atoms with Gasteiger partial charge in [-0.05, 0) is 18.4 Å². The number of ether oxygens (including phenoxy) is 1. The van der Waals surface area contributed by atoms with Gasteiger partial charge in [0.15, 0.2) is 5.82 Å². The Hall–Kier alpha value is -2.97. The van der Waals surface area contributed by atoms with Gasteiger partial charge in [0.1, 0.15) is 0 Å². The number of methoxy groups -OCH3 is 1. The second-order valence-corrected chi connectivity index (χ2v) is 7.95. The first kappa shape index (κ1) is 21.7. The number of carbonyl (C=O) groups excluding carboxylic acids is 2. The van der Waals surface area contributed by atoms with Crippen molar-refractivity contribution in [2.45, 2.75) is 46.1 Å². The van der Waals surface area contributed by atoms with E-state index in [1.54, 1.807) is 28.9 Å². The van der Waals surface area contributed by atoms with Crippen LogP contribution in [0.1, 0.15) is 49.3 Å². The molecule has 0 N–H and O–H groups in total. The second kappa shape index (κ2) is 9.69. The summed E-state index contributed by atoms with van der Waals surface area (Å²) < 4.78 is 10.3. The van der Waals surface area contributed by atoms with Crippen LogP contribution in [0.3, 0.4) is 0 Å². The Labute approximate surface area is 176 Å². The van der Waals surface area contributed by atoms with Crippen LogP contribution >= 0.6 is 0 Å². The van der Waals surface area contributed by atoms with Crippen molar-refractivity contribution >= 4 is 11.8 Å². The minimum absolute atomic E-state index is 0.0219. The van der Waals surface area contributed by atoms with Crippen molar-refractivity contribution in [1.29, 1.82) is 0 Å². The smallest absolute Gasteiger partial charge is 0.255 e. The molecule has 1 saturated heterocycles. The first-order chi connectivity index (χ1) is 14.4. The number of hydrogen-bond donors (Lipinski definition) is 0. The zero-order valence-electron chi connectivity index (χ0n) is 18.0. The largest absolute Gasteiger partial charge is 0.481 e. The van der Waals surface area contributed by atoms with Gasteiger partial charge in [0, 0.05) is 51.7 Å². The van der Waals surface area contributed by atoms with Crippen LogP contribution in [0, 0.1) is 5.92 Å². The summed E-state index contributed by atoms with van der Waals surface area (Å²) in [5, 5.41) is 4.02. The Bertz CT molecular complexity index is 865. The molecule has 0 saturated carbocycles. The van der Waals surface area contributed by atoms with E-state index in [1.165, 1.54) is 13.3 Å². The number of carbonyl (C=O) groups is 2. The van der Waals surface area contributed by atoms with Crippen molar-refractivity contribution in [2.24, 2.45) is 5.92 Å². The third-order valence-corrected chi connectivity index (χ3v) is 5.16. The molecule has 0 bridgehead atoms. The van der Waals surface area contributed by atoms with Crippen LogP contribution < -0.4 is 4.74 Å². The summed E-state index contributed by atoms with van der Waals surface area (Å²) in [5.74, 6) is 2.02. The van der Waals surface area contributed by atoms with E-state index in [0.717, 1.165) is 12.8 Å². The number of rotatable bonds is 8. The molecule has 1 aliphatic rings. The highest BCUT2D eigenvalue weighted by Crippen LogP contribution is 2.19. The molecule has 1 unspecified atom stereocenters. The summed E-state index contributed by atoms with van der Waals surface area (Å²) in [6.45, 7) is 7.33. The monoisotopic (exact) mass is 415 g/mol. The normalized spacial score (nSPS) is 16.2. The van der Waals surface area contributed by atoms with Gasteiger partial charge in [-0.1, -0.05) is 19.0 Å². The van der Waals surface area contributed by atoms with Gasteiger partial charge < -0.3 is 19.1 Å². The van der Waals surface area contributed by atoms with Gasteiger partial charge in [0.2, 0.25) is 17.7 Å². The lowest BCUT2D eigenvalue weighted by Crippen LogP contribution is -2.42. The first-order valence-corrected chi connectivity index (χ1v) is 10.2. The fourth-order valence-corrected chi connectivity index (χ4v) is 3.63. The summed E-state index contributed by atoms with van der Waals surface area (Å²) in [6.07, 6.45) is 3.51. The molecule has 0 radical (unpaired) electrons. The molecular weight excluding hydrogens is 386 g/mol. The second-order valence-electron chi connectivity index (χ2n) is 7.95. The van der Waals surface area contributed by atoms with Crippen LogP contribution in [0.15, 0.2) is 22.9 Å². The number of amides is 2. The van der Waals surface area contributed by atoms with Gasteiger partial charge in [-0.15, -0.1) is 0 Å². The van der Waals surface area contributed by atoms with Crippen LogP contribution in [0.5, 0.6) is 5.88 Å². The summed E-state index contributed by atoms with van der Waals surface area (Å²) >= 11 is 0. The molecule has 1 atom stereocenters. The average Bonchev–Trinajstić information content (AvgIpc) is 3.37. The topological polar surface area (TPSA) is 102 Å². The van der Waals surface area contributed by atoms with Crippen molar-refractivity contribution in [3.05, 3.63) is 35.6 Å². The number of nitrogens with zero attached hydrogens (tertiary/aromatic N) is 5. The van der Waals surface area contributed by atoms with E-state index in [0.29, 0.717) is 55.1 Å². The summed E-state index contributed by atoms with van der Waals surface area (Å²) in [5.41, 5.74) is 0.510. The number of likely N-dealkylation sites (tertiary alicyclic amines) is 1. The Morgan fingerprint density at radius 3 is 2.80 bits per heavy atom. The lowest BCUT2D eigenvalue weighted by atomic mass is 10.1. The van der Waals surface area contributed by atoms with Crippen LogP contribution in [-0.4, -0.2) is 69.5 Å². The van der Waals surface area contributed by atoms with Crippen LogP contribution in [-0.2, 0) is 17.6 Å². The van der Waals surface area contributed by atoms with Crippen LogP contribution in [0.4, 0.5) is 0 Å². The summed E-state index contributed by atoms with van der Waals surface area (Å²) in [6, 6.07) is 3.34. The maximum atomic E-state index is 12.8. The Kier molecular flexibility index (Phi) is 7.02. The molecular formula is C21H29N5O4. The number of hydrogen-bond acceptors (Lipinski definition) is 7. The number of aromatic nitrogens is 3. The highest BCUT2D eigenvalue weighted by molar-refractivity contribution is 5.94. The lowest BCUT2D eigenvalue weighted by Gasteiger charge is -2.27. The first-order valence-electron chi connectivity index (χ1n) is 10.2. The Morgan fingerprint density at radius 2 is 2.17 bits per heavy atom. The van der Waals surface area contributed by atoms with Gasteiger partial charge in [0.05, 0.1) is 18.7 Å². The minimum Gasteiger partial charge on any atom is -0.481 e. The molecule has 2 amide bonds.